The fourth-order valence-corrected chi connectivity index (χ4v) is 2.99. The Balaban J connectivity index is 1.95. The highest BCUT2D eigenvalue weighted by atomic mass is 79.9. The summed E-state index contributed by atoms with van der Waals surface area (Å²) in [5, 5.41) is 0.765. The zero-order chi connectivity index (χ0) is 12.5. The van der Waals surface area contributed by atoms with Crippen LogP contribution < -0.4 is 4.74 Å². The zero-order valence-electron chi connectivity index (χ0n) is 9.70. The van der Waals surface area contributed by atoms with Crippen LogP contribution in [0.15, 0.2) is 42.5 Å². The molecule has 1 atom stereocenters. The van der Waals surface area contributed by atoms with Crippen LogP contribution in [0.2, 0.25) is 5.02 Å². The molecule has 0 spiro atoms. The molecule has 1 unspecified atom stereocenters. The first-order valence-electron chi connectivity index (χ1n) is 5.89. The summed E-state index contributed by atoms with van der Waals surface area (Å²) in [6.45, 7) is 0.795. The molecule has 1 aliphatic heterocycles. The Hall–Kier alpha value is -0.990. The molecule has 0 amide bonds. The van der Waals surface area contributed by atoms with Gasteiger partial charge in [0.05, 0.1) is 11.4 Å². The number of rotatable bonds is 2. The lowest BCUT2D eigenvalue weighted by Crippen LogP contribution is -1.93. The maximum Gasteiger partial charge on any atom is 0.122 e. The number of benzene rings is 2. The summed E-state index contributed by atoms with van der Waals surface area (Å²) in [6.07, 6.45) is 0.998. The number of hydrogen-bond acceptors (Lipinski definition) is 1. The summed E-state index contributed by atoms with van der Waals surface area (Å²) in [6, 6.07) is 14.3. The standard InChI is InChI=1S/C15H12BrClO/c16-15(11-2-1-3-13(17)9-11)12-4-5-14-10(8-12)6-7-18-14/h1-5,8-9,15H,6-7H2. The van der Waals surface area contributed by atoms with Crippen molar-refractivity contribution in [3.8, 4) is 5.75 Å². The van der Waals surface area contributed by atoms with Crippen molar-refractivity contribution in [1.82, 2.24) is 0 Å². The fourth-order valence-electron chi connectivity index (χ4n) is 2.22. The van der Waals surface area contributed by atoms with Crippen LogP contribution in [0.5, 0.6) is 5.75 Å². The number of ether oxygens (including phenoxy) is 1. The van der Waals surface area contributed by atoms with Gasteiger partial charge in [0, 0.05) is 11.4 Å². The SMILES string of the molecule is Clc1cccc(C(Br)c2ccc3c(c2)CCO3)c1. The van der Waals surface area contributed by atoms with E-state index in [1.807, 2.05) is 18.2 Å². The van der Waals surface area contributed by atoms with Crippen LogP contribution in [-0.2, 0) is 6.42 Å². The van der Waals surface area contributed by atoms with Crippen LogP contribution in [0, 0.1) is 0 Å². The van der Waals surface area contributed by atoms with E-state index < -0.39 is 0 Å². The number of hydrogen-bond donors (Lipinski definition) is 0. The van der Waals surface area contributed by atoms with Crippen LogP contribution in [-0.4, -0.2) is 6.61 Å². The van der Waals surface area contributed by atoms with Crippen molar-refractivity contribution < 1.29 is 4.74 Å². The molecular formula is C15H12BrClO. The minimum atomic E-state index is 0.169. The highest BCUT2D eigenvalue weighted by molar-refractivity contribution is 9.09. The van der Waals surface area contributed by atoms with E-state index in [4.69, 9.17) is 16.3 Å². The predicted octanol–water partition coefficient (Wildman–Crippen LogP) is 4.76. The average molecular weight is 324 g/mol. The third-order valence-corrected chi connectivity index (χ3v) is 4.44. The molecule has 1 heterocycles. The smallest absolute Gasteiger partial charge is 0.122 e. The summed E-state index contributed by atoms with van der Waals surface area (Å²) < 4.78 is 5.52. The Morgan fingerprint density at radius 1 is 1.11 bits per heavy atom. The monoisotopic (exact) mass is 322 g/mol. The van der Waals surface area contributed by atoms with Gasteiger partial charge >= 0.3 is 0 Å². The normalized spacial score (nSPS) is 15.0. The zero-order valence-corrected chi connectivity index (χ0v) is 12.0. The summed E-state index contributed by atoms with van der Waals surface area (Å²) in [5.74, 6) is 1.02. The van der Waals surface area contributed by atoms with Crippen molar-refractivity contribution in [2.24, 2.45) is 0 Å². The van der Waals surface area contributed by atoms with Gasteiger partial charge in [-0.1, -0.05) is 51.8 Å². The van der Waals surface area contributed by atoms with Crippen molar-refractivity contribution in [2.45, 2.75) is 11.2 Å². The topological polar surface area (TPSA) is 9.23 Å². The van der Waals surface area contributed by atoms with Gasteiger partial charge in [-0.05, 0) is 34.9 Å². The molecule has 2 aromatic carbocycles. The van der Waals surface area contributed by atoms with Crippen molar-refractivity contribution >= 4 is 27.5 Å². The quantitative estimate of drug-likeness (QED) is 0.724. The second-order valence-corrected chi connectivity index (χ2v) is 5.74. The number of fused-ring (bicyclic) bond motifs is 1. The van der Waals surface area contributed by atoms with E-state index in [-0.39, 0.29) is 4.83 Å². The minimum Gasteiger partial charge on any atom is -0.493 e. The Morgan fingerprint density at radius 2 is 1.94 bits per heavy atom. The van der Waals surface area contributed by atoms with Gasteiger partial charge in [-0.2, -0.15) is 0 Å². The largest absolute Gasteiger partial charge is 0.493 e. The van der Waals surface area contributed by atoms with Gasteiger partial charge in [0.15, 0.2) is 0 Å². The lowest BCUT2D eigenvalue weighted by Gasteiger charge is -2.12. The molecule has 18 heavy (non-hydrogen) atoms. The molecule has 0 N–H and O–H groups in total. The van der Waals surface area contributed by atoms with Crippen molar-refractivity contribution in [3.05, 3.63) is 64.2 Å². The lowest BCUT2D eigenvalue weighted by atomic mass is 10.0. The van der Waals surface area contributed by atoms with Crippen LogP contribution in [0.1, 0.15) is 21.5 Å². The van der Waals surface area contributed by atoms with E-state index in [9.17, 15) is 0 Å². The number of alkyl halides is 1. The van der Waals surface area contributed by atoms with Crippen LogP contribution >= 0.6 is 27.5 Å². The maximum atomic E-state index is 6.03. The molecule has 0 fully saturated rings. The van der Waals surface area contributed by atoms with E-state index in [0.717, 1.165) is 23.8 Å². The molecule has 0 saturated carbocycles. The van der Waals surface area contributed by atoms with E-state index in [0.29, 0.717) is 0 Å². The van der Waals surface area contributed by atoms with Crippen molar-refractivity contribution in [2.75, 3.05) is 6.61 Å². The fraction of sp³-hybridized carbons (Fsp3) is 0.200. The first kappa shape index (κ1) is 12.1. The maximum absolute atomic E-state index is 6.03. The van der Waals surface area contributed by atoms with Gasteiger partial charge in [0.25, 0.3) is 0 Å². The highest BCUT2D eigenvalue weighted by Gasteiger charge is 2.16. The first-order chi connectivity index (χ1) is 8.74. The Labute approximate surface area is 120 Å². The minimum absolute atomic E-state index is 0.169. The highest BCUT2D eigenvalue weighted by Crippen LogP contribution is 2.35. The predicted molar refractivity (Wildman–Crippen MR) is 77.9 cm³/mol. The van der Waals surface area contributed by atoms with Crippen molar-refractivity contribution in [3.63, 3.8) is 0 Å². The van der Waals surface area contributed by atoms with Crippen LogP contribution in [0.25, 0.3) is 0 Å². The third kappa shape index (κ3) is 2.27. The van der Waals surface area contributed by atoms with Crippen LogP contribution in [0.4, 0.5) is 0 Å². The van der Waals surface area contributed by atoms with Gasteiger partial charge in [-0.3, -0.25) is 0 Å². The third-order valence-electron chi connectivity index (χ3n) is 3.15. The van der Waals surface area contributed by atoms with Gasteiger partial charge < -0.3 is 4.74 Å². The summed E-state index contributed by atoms with van der Waals surface area (Å²) in [7, 11) is 0. The average Bonchev–Trinajstić information content (AvgIpc) is 2.85. The summed E-state index contributed by atoms with van der Waals surface area (Å²) in [5.41, 5.74) is 3.70. The Morgan fingerprint density at radius 3 is 2.78 bits per heavy atom. The molecule has 0 aliphatic carbocycles. The molecule has 0 radical (unpaired) electrons. The second kappa shape index (κ2) is 4.94. The van der Waals surface area contributed by atoms with E-state index in [1.54, 1.807) is 0 Å². The molecule has 3 rings (SSSR count). The van der Waals surface area contributed by atoms with Crippen LogP contribution in [0.3, 0.4) is 0 Å². The lowest BCUT2D eigenvalue weighted by molar-refractivity contribution is 0.357. The molecular weight excluding hydrogens is 312 g/mol. The van der Waals surface area contributed by atoms with Gasteiger partial charge in [0.1, 0.15) is 5.75 Å². The molecule has 2 aromatic rings. The van der Waals surface area contributed by atoms with Gasteiger partial charge in [-0.15, -0.1) is 0 Å². The van der Waals surface area contributed by atoms with E-state index >= 15 is 0 Å². The van der Waals surface area contributed by atoms with E-state index in [1.165, 1.54) is 16.7 Å². The molecule has 0 bridgehead atoms. The molecule has 1 aliphatic rings. The Bertz CT molecular complexity index is 582. The molecule has 0 aromatic heterocycles. The van der Waals surface area contributed by atoms with E-state index in [2.05, 4.69) is 40.2 Å². The summed E-state index contributed by atoms with van der Waals surface area (Å²) in [4.78, 5) is 0.169. The molecule has 3 heteroatoms. The van der Waals surface area contributed by atoms with Gasteiger partial charge in [0.2, 0.25) is 0 Å². The second-order valence-electron chi connectivity index (χ2n) is 4.38. The first-order valence-corrected chi connectivity index (χ1v) is 7.18. The molecule has 0 saturated heterocycles. The molecule has 92 valence electrons. The molecule has 1 nitrogen and oxygen atoms in total. The summed E-state index contributed by atoms with van der Waals surface area (Å²) >= 11 is 9.77. The Kier molecular flexibility index (Phi) is 3.31. The van der Waals surface area contributed by atoms with Gasteiger partial charge in [-0.25, -0.2) is 0 Å². The number of halogens is 2. The van der Waals surface area contributed by atoms with Crippen molar-refractivity contribution in [1.29, 1.82) is 0 Å².